The molecule has 0 saturated carbocycles. The first-order valence-corrected chi connectivity index (χ1v) is 11.7. The van der Waals surface area contributed by atoms with Gasteiger partial charge in [-0.1, -0.05) is 17.7 Å². The van der Waals surface area contributed by atoms with Gasteiger partial charge in [0.05, 0.1) is 18.9 Å². The first kappa shape index (κ1) is 22.0. The van der Waals surface area contributed by atoms with E-state index >= 15 is 0 Å². The van der Waals surface area contributed by atoms with Gasteiger partial charge >= 0.3 is 0 Å². The molecule has 0 spiro atoms. The third-order valence-electron chi connectivity index (χ3n) is 6.06. The maximum atomic E-state index is 6.10. The summed E-state index contributed by atoms with van der Waals surface area (Å²) in [6.07, 6.45) is 7.25. The number of rotatable bonds is 6. The number of hydrogen-bond acceptors (Lipinski definition) is 8. The topological polar surface area (TPSA) is 76.5 Å². The smallest absolute Gasteiger partial charge is 0.241 e. The number of ether oxygens (including phenoxy) is 2. The number of nitrogens with zero attached hydrogens (tertiary/aromatic N) is 6. The molecule has 0 amide bonds. The van der Waals surface area contributed by atoms with Crippen LogP contribution in [0.15, 0.2) is 48.9 Å². The van der Waals surface area contributed by atoms with Crippen LogP contribution >= 0.6 is 11.6 Å². The monoisotopic (exact) mass is 466 g/mol. The fraction of sp³-hybridized carbons (Fsp3) is 0.417. The summed E-state index contributed by atoms with van der Waals surface area (Å²) in [5.74, 6) is 2.33. The molecule has 2 fully saturated rings. The first-order valence-electron chi connectivity index (χ1n) is 11.4. The molecule has 2 aromatic heterocycles. The summed E-state index contributed by atoms with van der Waals surface area (Å²) in [5, 5.41) is 0.632. The van der Waals surface area contributed by atoms with Gasteiger partial charge in [-0.05, 0) is 50.2 Å². The van der Waals surface area contributed by atoms with Gasteiger partial charge in [0.1, 0.15) is 11.4 Å². The molecule has 3 aromatic rings. The van der Waals surface area contributed by atoms with Crippen LogP contribution in [-0.2, 0) is 11.3 Å². The van der Waals surface area contributed by atoms with Crippen molar-refractivity contribution >= 4 is 17.5 Å². The van der Waals surface area contributed by atoms with Crippen LogP contribution in [0.3, 0.4) is 0 Å². The van der Waals surface area contributed by atoms with Crippen LogP contribution in [0.2, 0.25) is 5.02 Å². The third kappa shape index (κ3) is 5.58. The number of piperidine rings is 1. The second-order valence-corrected chi connectivity index (χ2v) is 8.74. The second kappa shape index (κ2) is 10.4. The van der Waals surface area contributed by atoms with E-state index in [-0.39, 0.29) is 0 Å². The molecule has 9 heteroatoms. The summed E-state index contributed by atoms with van der Waals surface area (Å²) in [4.78, 5) is 23.0. The average molecular weight is 467 g/mol. The molecule has 5 rings (SSSR count). The number of benzene rings is 1. The molecule has 0 aliphatic carbocycles. The summed E-state index contributed by atoms with van der Waals surface area (Å²) in [5.41, 5.74) is 1.96. The van der Waals surface area contributed by atoms with E-state index in [2.05, 4.69) is 24.8 Å². The van der Waals surface area contributed by atoms with Gasteiger partial charge < -0.3 is 14.4 Å². The Kier molecular flexibility index (Phi) is 6.95. The molecule has 2 saturated heterocycles. The number of anilines is 1. The Morgan fingerprint density at radius 3 is 2.61 bits per heavy atom. The predicted octanol–water partition coefficient (Wildman–Crippen LogP) is 3.93. The SMILES string of the molecule is Clc1cccc(Oc2nccnc2C2CCN(Cc3ccnc(N4CCOCC4)n3)CC2)c1. The van der Waals surface area contributed by atoms with E-state index in [0.717, 1.165) is 76.1 Å². The molecule has 0 N–H and O–H groups in total. The molecule has 0 bridgehead atoms. The molecule has 0 unspecified atom stereocenters. The van der Waals surface area contributed by atoms with Crippen LogP contribution in [-0.4, -0.2) is 64.2 Å². The minimum Gasteiger partial charge on any atom is -0.437 e. The van der Waals surface area contributed by atoms with Gasteiger partial charge in [-0.2, -0.15) is 0 Å². The summed E-state index contributed by atoms with van der Waals surface area (Å²) in [7, 11) is 0. The van der Waals surface area contributed by atoms with E-state index in [4.69, 9.17) is 26.1 Å². The highest BCUT2D eigenvalue weighted by Crippen LogP contribution is 2.34. The van der Waals surface area contributed by atoms with Crippen molar-refractivity contribution in [2.24, 2.45) is 0 Å². The van der Waals surface area contributed by atoms with Crippen molar-refractivity contribution in [2.45, 2.75) is 25.3 Å². The minimum absolute atomic E-state index is 0.304. The van der Waals surface area contributed by atoms with Crippen molar-refractivity contribution in [3.63, 3.8) is 0 Å². The lowest BCUT2D eigenvalue weighted by Gasteiger charge is -2.32. The highest BCUT2D eigenvalue weighted by atomic mass is 35.5. The van der Waals surface area contributed by atoms with Crippen molar-refractivity contribution in [1.29, 1.82) is 0 Å². The van der Waals surface area contributed by atoms with Gasteiger partial charge in [-0.3, -0.25) is 9.88 Å². The van der Waals surface area contributed by atoms with E-state index in [1.54, 1.807) is 18.5 Å². The maximum absolute atomic E-state index is 6.10. The summed E-state index contributed by atoms with van der Waals surface area (Å²) >= 11 is 6.10. The van der Waals surface area contributed by atoms with Gasteiger partial charge in [0.25, 0.3) is 0 Å². The number of morpholine rings is 1. The van der Waals surface area contributed by atoms with E-state index in [9.17, 15) is 0 Å². The molecule has 8 nitrogen and oxygen atoms in total. The van der Waals surface area contributed by atoms with Crippen molar-refractivity contribution < 1.29 is 9.47 Å². The van der Waals surface area contributed by atoms with E-state index in [1.807, 2.05) is 30.5 Å². The van der Waals surface area contributed by atoms with Crippen LogP contribution < -0.4 is 9.64 Å². The summed E-state index contributed by atoms with van der Waals surface area (Å²) in [6, 6.07) is 9.36. The number of aromatic nitrogens is 4. The Bertz CT molecular complexity index is 1070. The Morgan fingerprint density at radius 1 is 0.970 bits per heavy atom. The summed E-state index contributed by atoms with van der Waals surface area (Å²) in [6.45, 7) is 5.89. The van der Waals surface area contributed by atoms with Crippen LogP contribution in [0.4, 0.5) is 5.95 Å². The molecular formula is C24H27ClN6O2. The molecule has 0 atom stereocenters. The lowest BCUT2D eigenvalue weighted by atomic mass is 9.93. The van der Waals surface area contributed by atoms with Crippen LogP contribution in [0.5, 0.6) is 11.6 Å². The standard InChI is InChI=1S/C24H27ClN6O2/c25-19-2-1-3-21(16-19)33-23-22(26-8-9-27-23)18-5-10-30(11-6-18)17-20-4-7-28-24(29-20)31-12-14-32-15-13-31/h1-4,7-9,16,18H,5-6,10-15,17H2. The number of hydrogen-bond donors (Lipinski definition) is 0. The second-order valence-electron chi connectivity index (χ2n) is 8.30. The molecule has 2 aliphatic rings. The zero-order valence-electron chi connectivity index (χ0n) is 18.4. The quantitative estimate of drug-likeness (QED) is 0.541. The fourth-order valence-corrected chi connectivity index (χ4v) is 4.50. The minimum atomic E-state index is 0.304. The number of likely N-dealkylation sites (tertiary alicyclic amines) is 1. The molecule has 2 aliphatic heterocycles. The van der Waals surface area contributed by atoms with Crippen molar-refractivity contribution in [2.75, 3.05) is 44.3 Å². The fourth-order valence-electron chi connectivity index (χ4n) is 4.32. The Labute approximate surface area is 198 Å². The Hall–Kier alpha value is -2.81. The lowest BCUT2D eigenvalue weighted by molar-refractivity contribution is 0.122. The highest BCUT2D eigenvalue weighted by molar-refractivity contribution is 6.30. The van der Waals surface area contributed by atoms with E-state index < -0.39 is 0 Å². The van der Waals surface area contributed by atoms with Crippen molar-refractivity contribution in [3.8, 4) is 11.6 Å². The maximum Gasteiger partial charge on any atom is 0.241 e. The van der Waals surface area contributed by atoms with Crippen LogP contribution in [0.1, 0.15) is 30.1 Å². The first-order chi connectivity index (χ1) is 16.2. The molecular weight excluding hydrogens is 440 g/mol. The molecule has 33 heavy (non-hydrogen) atoms. The zero-order chi connectivity index (χ0) is 22.5. The molecule has 0 radical (unpaired) electrons. The molecule has 172 valence electrons. The average Bonchev–Trinajstić information content (AvgIpc) is 2.86. The largest absolute Gasteiger partial charge is 0.437 e. The van der Waals surface area contributed by atoms with Crippen LogP contribution in [0, 0.1) is 0 Å². The predicted molar refractivity (Wildman–Crippen MR) is 126 cm³/mol. The molecule has 1 aromatic carbocycles. The Balaban J connectivity index is 1.21. The van der Waals surface area contributed by atoms with Gasteiger partial charge in [0, 0.05) is 49.2 Å². The van der Waals surface area contributed by atoms with E-state index in [0.29, 0.717) is 22.6 Å². The van der Waals surface area contributed by atoms with Gasteiger partial charge in [-0.15, -0.1) is 0 Å². The lowest BCUT2D eigenvalue weighted by Crippen LogP contribution is -2.37. The van der Waals surface area contributed by atoms with Crippen molar-refractivity contribution in [3.05, 3.63) is 65.3 Å². The van der Waals surface area contributed by atoms with E-state index in [1.165, 1.54) is 0 Å². The molecule has 4 heterocycles. The van der Waals surface area contributed by atoms with Gasteiger partial charge in [0.15, 0.2) is 0 Å². The van der Waals surface area contributed by atoms with Gasteiger partial charge in [-0.25, -0.2) is 15.0 Å². The number of halogens is 1. The van der Waals surface area contributed by atoms with Crippen LogP contribution in [0.25, 0.3) is 0 Å². The zero-order valence-corrected chi connectivity index (χ0v) is 19.2. The highest BCUT2D eigenvalue weighted by Gasteiger charge is 2.26. The summed E-state index contributed by atoms with van der Waals surface area (Å²) < 4.78 is 11.5. The van der Waals surface area contributed by atoms with Crippen molar-refractivity contribution in [1.82, 2.24) is 24.8 Å². The third-order valence-corrected chi connectivity index (χ3v) is 6.29. The normalized spacial score (nSPS) is 17.8. The van der Waals surface area contributed by atoms with Gasteiger partial charge in [0.2, 0.25) is 11.8 Å². The Morgan fingerprint density at radius 2 is 1.79 bits per heavy atom.